The van der Waals surface area contributed by atoms with E-state index in [9.17, 15) is 4.39 Å². The number of hydrogen-bond donors (Lipinski definition) is 1. The van der Waals surface area contributed by atoms with Crippen LogP contribution >= 0.6 is 0 Å². The Labute approximate surface area is 113 Å². The maximum atomic E-state index is 13.4. The SMILES string of the molecule is CNC(c1cccc(F)c1)c1cc(C)ccc1OC. The first kappa shape index (κ1) is 13.6. The summed E-state index contributed by atoms with van der Waals surface area (Å²) in [5.74, 6) is 0.568. The summed E-state index contributed by atoms with van der Waals surface area (Å²) < 4.78 is 18.8. The smallest absolute Gasteiger partial charge is 0.123 e. The number of rotatable bonds is 4. The van der Waals surface area contributed by atoms with Gasteiger partial charge in [-0.25, -0.2) is 4.39 Å². The lowest BCUT2D eigenvalue weighted by atomic mass is 9.96. The number of nitrogens with one attached hydrogen (secondary N) is 1. The van der Waals surface area contributed by atoms with Crippen molar-refractivity contribution in [3.05, 3.63) is 65.0 Å². The molecule has 0 aliphatic rings. The average molecular weight is 259 g/mol. The lowest BCUT2D eigenvalue weighted by Crippen LogP contribution is -2.18. The van der Waals surface area contributed by atoms with Crippen LogP contribution in [0.5, 0.6) is 5.75 Å². The molecule has 2 aromatic carbocycles. The van der Waals surface area contributed by atoms with Gasteiger partial charge >= 0.3 is 0 Å². The van der Waals surface area contributed by atoms with Gasteiger partial charge in [-0.2, -0.15) is 0 Å². The van der Waals surface area contributed by atoms with Crippen LogP contribution < -0.4 is 10.1 Å². The summed E-state index contributed by atoms with van der Waals surface area (Å²) in [5.41, 5.74) is 3.04. The van der Waals surface area contributed by atoms with Crippen molar-refractivity contribution in [2.75, 3.05) is 14.2 Å². The van der Waals surface area contributed by atoms with Gasteiger partial charge in [0.2, 0.25) is 0 Å². The first-order chi connectivity index (χ1) is 9.15. The van der Waals surface area contributed by atoms with E-state index < -0.39 is 0 Å². The predicted molar refractivity (Wildman–Crippen MR) is 75.0 cm³/mol. The van der Waals surface area contributed by atoms with E-state index in [2.05, 4.69) is 11.4 Å². The molecule has 0 aromatic heterocycles. The van der Waals surface area contributed by atoms with Crippen LogP contribution in [-0.4, -0.2) is 14.2 Å². The summed E-state index contributed by atoms with van der Waals surface area (Å²) in [5, 5.41) is 3.22. The summed E-state index contributed by atoms with van der Waals surface area (Å²) in [6.45, 7) is 2.03. The van der Waals surface area contributed by atoms with Gasteiger partial charge in [-0.05, 0) is 37.7 Å². The zero-order chi connectivity index (χ0) is 13.8. The Morgan fingerprint density at radius 1 is 1.16 bits per heavy atom. The molecule has 0 radical (unpaired) electrons. The van der Waals surface area contributed by atoms with Crippen LogP contribution in [0.25, 0.3) is 0 Å². The van der Waals surface area contributed by atoms with Crippen LogP contribution in [0.3, 0.4) is 0 Å². The summed E-state index contributed by atoms with van der Waals surface area (Å²) in [4.78, 5) is 0. The van der Waals surface area contributed by atoms with Crippen LogP contribution in [0, 0.1) is 12.7 Å². The lowest BCUT2D eigenvalue weighted by molar-refractivity contribution is 0.405. The summed E-state index contributed by atoms with van der Waals surface area (Å²) in [6.07, 6.45) is 0. The highest BCUT2D eigenvalue weighted by molar-refractivity contribution is 5.43. The van der Waals surface area contributed by atoms with E-state index in [0.29, 0.717) is 0 Å². The van der Waals surface area contributed by atoms with Gasteiger partial charge in [0.1, 0.15) is 11.6 Å². The van der Waals surface area contributed by atoms with Crippen molar-refractivity contribution in [1.82, 2.24) is 5.32 Å². The highest BCUT2D eigenvalue weighted by Gasteiger charge is 2.17. The third-order valence-electron chi connectivity index (χ3n) is 3.17. The molecule has 0 saturated carbocycles. The van der Waals surface area contributed by atoms with E-state index in [1.54, 1.807) is 19.2 Å². The van der Waals surface area contributed by atoms with Crippen molar-refractivity contribution in [2.45, 2.75) is 13.0 Å². The fourth-order valence-electron chi connectivity index (χ4n) is 2.27. The van der Waals surface area contributed by atoms with E-state index in [4.69, 9.17) is 4.74 Å². The molecule has 2 aromatic rings. The molecule has 19 heavy (non-hydrogen) atoms. The van der Waals surface area contributed by atoms with Gasteiger partial charge in [-0.15, -0.1) is 0 Å². The van der Waals surface area contributed by atoms with Crippen LogP contribution in [0.15, 0.2) is 42.5 Å². The normalized spacial score (nSPS) is 12.2. The van der Waals surface area contributed by atoms with Crippen LogP contribution in [0.2, 0.25) is 0 Å². The van der Waals surface area contributed by atoms with Gasteiger partial charge in [0.25, 0.3) is 0 Å². The molecular weight excluding hydrogens is 241 g/mol. The first-order valence-electron chi connectivity index (χ1n) is 6.23. The standard InChI is InChI=1S/C16H18FNO/c1-11-7-8-15(19-3)14(9-11)16(18-2)12-5-4-6-13(17)10-12/h4-10,16,18H,1-3H3. The Bertz CT molecular complexity index is 568. The Morgan fingerprint density at radius 3 is 2.58 bits per heavy atom. The van der Waals surface area contributed by atoms with Gasteiger partial charge in [0.05, 0.1) is 13.2 Å². The highest BCUT2D eigenvalue weighted by Crippen LogP contribution is 2.30. The second-order valence-electron chi connectivity index (χ2n) is 4.52. The van der Waals surface area contributed by atoms with Gasteiger partial charge in [0, 0.05) is 5.56 Å². The van der Waals surface area contributed by atoms with Crippen LogP contribution in [0.4, 0.5) is 4.39 Å². The molecule has 2 rings (SSSR count). The summed E-state index contributed by atoms with van der Waals surface area (Å²) in [7, 11) is 3.50. The number of methoxy groups -OCH3 is 1. The quantitative estimate of drug-likeness (QED) is 0.908. The van der Waals surface area contributed by atoms with Crippen molar-refractivity contribution >= 4 is 0 Å². The minimum Gasteiger partial charge on any atom is -0.496 e. The van der Waals surface area contributed by atoms with Crippen molar-refractivity contribution < 1.29 is 9.13 Å². The maximum Gasteiger partial charge on any atom is 0.123 e. The number of halogens is 1. The largest absolute Gasteiger partial charge is 0.496 e. The molecular formula is C16H18FNO. The molecule has 0 aliphatic heterocycles. The number of aryl methyl sites for hydroxylation is 1. The molecule has 100 valence electrons. The van der Waals surface area contributed by atoms with Crippen LogP contribution in [-0.2, 0) is 0 Å². The third-order valence-corrected chi connectivity index (χ3v) is 3.17. The molecule has 0 saturated heterocycles. The average Bonchev–Trinajstić information content (AvgIpc) is 2.40. The molecule has 1 atom stereocenters. The van der Waals surface area contributed by atoms with Gasteiger partial charge < -0.3 is 10.1 Å². The minimum absolute atomic E-state index is 0.0921. The Kier molecular flexibility index (Phi) is 4.17. The van der Waals surface area contributed by atoms with E-state index >= 15 is 0 Å². The zero-order valence-electron chi connectivity index (χ0n) is 11.4. The van der Waals surface area contributed by atoms with Crippen LogP contribution in [0.1, 0.15) is 22.7 Å². The summed E-state index contributed by atoms with van der Waals surface area (Å²) >= 11 is 0. The van der Waals surface area contributed by atoms with Gasteiger partial charge in [-0.3, -0.25) is 0 Å². The zero-order valence-corrected chi connectivity index (χ0v) is 11.4. The molecule has 0 fully saturated rings. The van der Waals surface area contributed by atoms with E-state index in [1.165, 1.54) is 6.07 Å². The molecule has 0 aliphatic carbocycles. The molecule has 0 bridgehead atoms. The van der Waals surface area contributed by atoms with E-state index in [1.807, 2.05) is 32.2 Å². The Hall–Kier alpha value is -1.87. The third kappa shape index (κ3) is 2.93. The van der Waals surface area contributed by atoms with Crippen molar-refractivity contribution in [2.24, 2.45) is 0 Å². The lowest BCUT2D eigenvalue weighted by Gasteiger charge is -2.20. The second-order valence-corrected chi connectivity index (χ2v) is 4.52. The Balaban J connectivity index is 2.50. The molecule has 0 heterocycles. The summed E-state index contributed by atoms with van der Waals surface area (Å²) in [6, 6.07) is 12.5. The number of benzene rings is 2. The maximum absolute atomic E-state index is 13.4. The fourth-order valence-corrected chi connectivity index (χ4v) is 2.27. The van der Waals surface area contributed by atoms with Crippen molar-refractivity contribution in [3.8, 4) is 5.75 Å². The van der Waals surface area contributed by atoms with E-state index in [-0.39, 0.29) is 11.9 Å². The molecule has 0 amide bonds. The Morgan fingerprint density at radius 2 is 1.95 bits per heavy atom. The number of hydrogen-bond acceptors (Lipinski definition) is 2. The predicted octanol–water partition coefficient (Wildman–Crippen LogP) is 3.45. The topological polar surface area (TPSA) is 21.3 Å². The minimum atomic E-state index is -0.232. The molecule has 2 nitrogen and oxygen atoms in total. The van der Waals surface area contributed by atoms with E-state index in [0.717, 1.165) is 22.4 Å². The molecule has 1 N–H and O–H groups in total. The molecule has 1 unspecified atom stereocenters. The second kappa shape index (κ2) is 5.85. The fraction of sp³-hybridized carbons (Fsp3) is 0.250. The monoisotopic (exact) mass is 259 g/mol. The molecule has 0 spiro atoms. The van der Waals surface area contributed by atoms with Gasteiger partial charge in [0.15, 0.2) is 0 Å². The molecule has 3 heteroatoms. The van der Waals surface area contributed by atoms with Crippen molar-refractivity contribution in [1.29, 1.82) is 0 Å². The van der Waals surface area contributed by atoms with Gasteiger partial charge in [-0.1, -0.05) is 29.8 Å². The first-order valence-corrected chi connectivity index (χ1v) is 6.23. The number of ether oxygens (including phenoxy) is 1. The highest BCUT2D eigenvalue weighted by atomic mass is 19.1. The van der Waals surface area contributed by atoms with Crippen molar-refractivity contribution in [3.63, 3.8) is 0 Å².